The average molecular weight is 459 g/mol. The molecule has 1 saturated heterocycles. The molecule has 1 aliphatic carbocycles. The summed E-state index contributed by atoms with van der Waals surface area (Å²) in [5.41, 5.74) is -0.737. The average Bonchev–Trinajstić information content (AvgIpc) is 3.39. The first-order valence-electron chi connectivity index (χ1n) is 9.63. The molecule has 31 heavy (non-hydrogen) atoms. The molecule has 3 heterocycles. The molecule has 8 nitrogen and oxygen atoms in total. The molecule has 1 aromatic heterocycles. The van der Waals surface area contributed by atoms with Crippen molar-refractivity contribution >= 4 is 47.5 Å². The predicted octanol–water partition coefficient (Wildman–Crippen LogP) is 1.47. The van der Waals surface area contributed by atoms with Crippen LogP contribution in [0.5, 0.6) is 0 Å². The lowest BCUT2D eigenvalue weighted by Crippen LogP contribution is -2.69. The number of Topliss-reactive ketones (excluding diaryl/α,β-unsaturated/α-hetero) is 2. The molecule has 2 aliphatic heterocycles. The fourth-order valence-electron chi connectivity index (χ4n) is 4.29. The fraction of sp³-hybridized carbons (Fsp3) is 0.286. The Hall–Kier alpha value is -2.91. The van der Waals surface area contributed by atoms with Crippen LogP contribution in [0.2, 0.25) is 0 Å². The topological polar surface area (TPSA) is 101 Å². The van der Waals surface area contributed by atoms with Gasteiger partial charge in [0.15, 0.2) is 11.3 Å². The van der Waals surface area contributed by atoms with E-state index in [0.717, 1.165) is 0 Å². The third-order valence-electron chi connectivity index (χ3n) is 5.68. The van der Waals surface area contributed by atoms with Crippen LogP contribution < -0.4 is 5.32 Å². The van der Waals surface area contributed by atoms with Gasteiger partial charge in [-0.05, 0) is 6.42 Å². The SMILES string of the molecule is Cl.O=C1CN(CCCn2ccnc2)C(=O)C2(CSC3=C2C(=O)c2ccccc2C3=O)N1. The molecule has 0 radical (unpaired) electrons. The van der Waals surface area contributed by atoms with Gasteiger partial charge in [0, 0.05) is 42.4 Å². The van der Waals surface area contributed by atoms with E-state index in [1.54, 1.807) is 36.8 Å². The Bertz CT molecular complexity index is 1130. The number of thioether (sulfide) groups is 1. The summed E-state index contributed by atoms with van der Waals surface area (Å²) in [7, 11) is 0. The Labute approximate surface area is 188 Å². The zero-order valence-corrected chi connectivity index (χ0v) is 18.0. The van der Waals surface area contributed by atoms with Crippen molar-refractivity contribution in [1.82, 2.24) is 19.8 Å². The second-order valence-electron chi connectivity index (χ2n) is 7.53. The zero-order chi connectivity index (χ0) is 20.9. The van der Waals surface area contributed by atoms with Crippen LogP contribution in [-0.4, -0.2) is 62.2 Å². The van der Waals surface area contributed by atoms with E-state index in [1.165, 1.54) is 16.7 Å². The smallest absolute Gasteiger partial charge is 0.254 e. The van der Waals surface area contributed by atoms with E-state index in [2.05, 4.69) is 10.3 Å². The van der Waals surface area contributed by atoms with Crippen LogP contribution >= 0.6 is 24.2 Å². The van der Waals surface area contributed by atoms with Gasteiger partial charge in [-0.3, -0.25) is 19.2 Å². The summed E-state index contributed by atoms with van der Waals surface area (Å²) in [6.45, 7) is 0.973. The molecule has 160 valence electrons. The van der Waals surface area contributed by atoms with Crippen LogP contribution in [0.1, 0.15) is 27.1 Å². The third-order valence-corrected chi connectivity index (χ3v) is 6.94. The van der Waals surface area contributed by atoms with E-state index < -0.39 is 5.54 Å². The minimum atomic E-state index is -1.48. The first-order valence-corrected chi connectivity index (χ1v) is 10.6. The number of aromatic nitrogens is 2. The number of ketones is 2. The summed E-state index contributed by atoms with van der Waals surface area (Å²) < 4.78 is 1.90. The Morgan fingerprint density at radius 3 is 2.52 bits per heavy atom. The quantitative estimate of drug-likeness (QED) is 0.744. The Balaban J connectivity index is 0.00000231. The molecule has 1 N–H and O–H groups in total. The van der Waals surface area contributed by atoms with Gasteiger partial charge in [-0.25, -0.2) is 4.98 Å². The highest BCUT2D eigenvalue weighted by Crippen LogP contribution is 2.46. The summed E-state index contributed by atoms with van der Waals surface area (Å²) in [5.74, 6) is -1.14. The van der Waals surface area contributed by atoms with E-state index >= 15 is 0 Å². The summed E-state index contributed by atoms with van der Waals surface area (Å²) in [4.78, 5) is 58.0. The van der Waals surface area contributed by atoms with Gasteiger partial charge < -0.3 is 14.8 Å². The van der Waals surface area contributed by atoms with Crippen LogP contribution in [0.3, 0.4) is 0 Å². The van der Waals surface area contributed by atoms with Gasteiger partial charge in [0.1, 0.15) is 0 Å². The monoisotopic (exact) mass is 458 g/mol. The first-order chi connectivity index (χ1) is 14.5. The van der Waals surface area contributed by atoms with Crippen molar-refractivity contribution in [3.63, 3.8) is 0 Å². The number of hydrogen-bond acceptors (Lipinski definition) is 6. The van der Waals surface area contributed by atoms with E-state index in [9.17, 15) is 19.2 Å². The molecule has 10 heteroatoms. The highest BCUT2D eigenvalue weighted by atomic mass is 35.5. The standard InChI is InChI=1S/C21H18N4O4S.ClH/c26-15-10-25(8-3-7-24-9-6-22-12-24)20(29)21(23-15)11-30-19-16(21)17(27)13-4-1-2-5-14(13)18(19)28;/h1-2,4-6,9,12H,3,7-8,10-11H2,(H,23,26);1H. The lowest BCUT2D eigenvalue weighted by atomic mass is 9.78. The van der Waals surface area contributed by atoms with Crippen molar-refractivity contribution < 1.29 is 19.2 Å². The largest absolute Gasteiger partial charge is 0.337 e. The number of piperazine rings is 1. The maximum atomic E-state index is 13.5. The molecule has 0 saturated carbocycles. The van der Waals surface area contributed by atoms with Crippen LogP contribution in [0.4, 0.5) is 0 Å². The van der Waals surface area contributed by atoms with E-state index in [4.69, 9.17) is 0 Å². The zero-order valence-electron chi connectivity index (χ0n) is 16.4. The molecule has 1 fully saturated rings. The molecule has 1 aromatic carbocycles. The highest BCUT2D eigenvalue weighted by Gasteiger charge is 2.58. The number of imidazole rings is 1. The number of rotatable bonds is 4. The number of nitrogens with one attached hydrogen (secondary N) is 1. The summed E-state index contributed by atoms with van der Waals surface area (Å²) in [6.07, 6.45) is 5.85. The molecule has 2 aromatic rings. The van der Waals surface area contributed by atoms with Crippen molar-refractivity contribution in [3.8, 4) is 0 Å². The Morgan fingerprint density at radius 1 is 1.06 bits per heavy atom. The van der Waals surface area contributed by atoms with Crippen molar-refractivity contribution in [3.05, 3.63) is 64.6 Å². The number of benzene rings is 1. The maximum Gasteiger partial charge on any atom is 0.254 e. The molecular formula is C21H19ClN4O4S. The van der Waals surface area contributed by atoms with E-state index in [1.807, 2.05) is 10.8 Å². The van der Waals surface area contributed by atoms with Gasteiger partial charge in [0.05, 0.1) is 23.4 Å². The van der Waals surface area contributed by atoms with Crippen LogP contribution in [0, 0.1) is 0 Å². The molecule has 1 atom stereocenters. The minimum Gasteiger partial charge on any atom is -0.337 e. The normalized spacial score (nSPS) is 22.4. The van der Waals surface area contributed by atoms with Gasteiger partial charge in [0.25, 0.3) is 5.91 Å². The molecule has 5 rings (SSSR count). The van der Waals surface area contributed by atoms with Crippen LogP contribution in [0.15, 0.2) is 53.5 Å². The number of fused-ring (bicyclic) bond motifs is 2. The van der Waals surface area contributed by atoms with Gasteiger partial charge in [-0.15, -0.1) is 24.2 Å². The highest BCUT2D eigenvalue weighted by molar-refractivity contribution is 8.04. The van der Waals surface area contributed by atoms with Crippen molar-refractivity contribution in [2.24, 2.45) is 0 Å². The van der Waals surface area contributed by atoms with Gasteiger partial charge in [-0.2, -0.15) is 0 Å². The number of carbonyl (C=O) groups is 4. The first kappa shape index (κ1) is 21.3. The fourth-order valence-corrected chi connectivity index (χ4v) is 5.64. The van der Waals surface area contributed by atoms with Crippen LogP contribution in [0.25, 0.3) is 0 Å². The number of carbonyl (C=O) groups excluding carboxylic acids is 4. The lowest BCUT2D eigenvalue weighted by molar-refractivity contribution is -0.147. The van der Waals surface area contributed by atoms with Crippen molar-refractivity contribution in [1.29, 1.82) is 0 Å². The van der Waals surface area contributed by atoms with Gasteiger partial charge in [0.2, 0.25) is 11.7 Å². The number of halogens is 1. The van der Waals surface area contributed by atoms with Gasteiger partial charge >= 0.3 is 0 Å². The summed E-state index contributed by atoms with van der Waals surface area (Å²) >= 11 is 1.17. The molecule has 2 amide bonds. The van der Waals surface area contributed by atoms with Gasteiger partial charge in [-0.1, -0.05) is 24.3 Å². The molecule has 1 spiro atoms. The number of hydrogen-bond donors (Lipinski definition) is 1. The third kappa shape index (κ3) is 3.28. The number of allylic oxidation sites excluding steroid dienone is 1. The number of aryl methyl sites for hydroxylation is 1. The molecule has 0 bridgehead atoms. The minimum absolute atomic E-state index is 0. The summed E-state index contributed by atoms with van der Waals surface area (Å²) in [5, 5.41) is 2.76. The molecular weight excluding hydrogens is 440 g/mol. The number of nitrogens with zero attached hydrogens (tertiary/aromatic N) is 3. The van der Waals surface area contributed by atoms with Crippen LogP contribution in [-0.2, 0) is 16.1 Å². The predicted molar refractivity (Wildman–Crippen MR) is 116 cm³/mol. The lowest BCUT2D eigenvalue weighted by Gasteiger charge is -2.41. The van der Waals surface area contributed by atoms with Crippen molar-refractivity contribution in [2.75, 3.05) is 18.8 Å². The Kier molecular flexibility index (Phi) is 5.49. The maximum absolute atomic E-state index is 13.5. The summed E-state index contributed by atoms with van der Waals surface area (Å²) in [6, 6.07) is 6.61. The second-order valence-corrected chi connectivity index (χ2v) is 8.52. The van der Waals surface area contributed by atoms with E-state index in [0.29, 0.717) is 25.1 Å². The number of amides is 2. The van der Waals surface area contributed by atoms with E-state index in [-0.39, 0.29) is 64.1 Å². The Morgan fingerprint density at radius 2 is 1.81 bits per heavy atom. The molecule has 3 aliphatic rings. The van der Waals surface area contributed by atoms with Crippen molar-refractivity contribution in [2.45, 2.75) is 18.5 Å². The second kappa shape index (κ2) is 7.97. The molecule has 1 unspecified atom stereocenters.